The van der Waals surface area contributed by atoms with Gasteiger partial charge < -0.3 is 0 Å². The van der Waals surface area contributed by atoms with Gasteiger partial charge in [-0.15, -0.1) is 11.3 Å². The zero-order valence-electron chi connectivity index (χ0n) is 6.26. The van der Waals surface area contributed by atoms with Crippen molar-refractivity contribution in [1.82, 2.24) is 0 Å². The van der Waals surface area contributed by atoms with Crippen LogP contribution in [0.5, 0.6) is 0 Å². The summed E-state index contributed by atoms with van der Waals surface area (Å²) in [5.41, 5.74) is 0. The molecule has 0 aliphatic heterocycles. The van der Waals surface area contributed by atoms with Gasteiger partial charge in [-0.3, -0.25) is 4.79 Å². The van der Waals surface area contributed by atoms with Gasteiger partial charge in [0.1, 0.15) is 0 Å². The number of halogens is 1. The third-order valence-electron chi connectivity index (χ3n) is 1.35. The first kappa shape index (κ1) is 8.75. The van der Waals surface area contributed by atoms with Gasteiger partial charge in [0.15, 0.2) is 0 Å². The monoisotopic (exact) mass is 188 g/mol. The van der Waals surface area contributed by atoms with Gasteiger partial charge in [0, 0.05) is 4.88 Å². The van der Waals surface area contributed by atoms with E-state index in [-0.39, 0.29) is 5.24 Å². The van der Waals surface area contributed by atoms with Gasteiger partial charge >= 0.3 is 0 Å². The van der Waals surface area contributed by atoms with Crippen LogP contribution in [-0.2, 0) is 6.42 Å². The Morgan fingerprint density at radius 1 is 1.64 bits per heavy atom. The molecule has 0 N–H and O–H groups in total. The van der Waals surface area contributed by atoms with Crippen LogP contribution in [0.15, 0.2) is 12.1 Å². The first-order valence-corrected chi connectivity index (χ1v) is 4.72. The molecule has 0 bridgehead atoms. The van der Waals surface area contributed by atoms with E-state index in [1.54, 1.807) is 6.07 Å². The van der Waals surface area contributed by atoms with E-state index in [4.69, 9.17) is 11.6 Å². The van der Waals surface area contributed by atoms with Crippen LogP contribution in [0, 0.1) is 0 Å². The summed E-state index contributed by atoms with van der Waals surface area (Å²) in [6.45, 7) is 2.11. The second-order valence-electron chi connectivity index (χ2n) is 2.29. The summed E-state index contributed by atoms with van der Waals surface area (Å²) < 4.78 is 0. The maximum absolute atomic E-state index is 10.6. The topological polar surface area (TPSA) is 17.1 Å². The van der Waals surface area contributed by atoms with E-state index in [1.165, 1.54) is 16.2 Å². The van der Waals surface area contributed by atoms with Crippen LogP contribution < -0.4 is 0 Å². The van der Waals surface area contributed by atoms with Crippen LogP contribution in [-0.4, -0.2) is 5.24 Å². The zero-order valence-corrected chi connectivity index (χ0v) is 7.84. The van der Waals surface area contributed by atoms with Crippen molar-refractivity contribution in [2.75, 3.05) is 0 Å². The van der Waals surface area contributed by atoms with Gasteiger partial charge in [-0.2, -0.15) is 0 Å². The number of thiophene rings is 1. The average molecular weight is 189 g/mol. The summed E-state index contributed by atoms with van der Waals surface area (Å²) in [5.74, 6) is 0. The van der Waals surface area contributed by atoms with Gasteiger partial charge in [-0.25, -0.2) is 0 Å². The maximum atomic E-state index is 10.6. The van der Waals surface area contributed by atoms with Crippen molar-refractivity contribution in [1.29, 1.82) is 0 Å². The molecular formula is C8H9ClOS. The van der Waals surface area contributed by atoms with Crippen LogP contribution in [0.25, 0.3) is 0 Å². The van der Waals surface area contributed by atoms with Gasteiger partial charge in [0.2, 0.25) is 0 Å². The molecular weight excluding hydrogens is 180 g/mol. The lowest BCUT2D eigenvalue weighted by atomic mass is 10.3. The summed E-state index contributed by atoms with van der Waals surface area (Å²) in [6.07, 6.45) is 2.14. The second kappa shape index (κ2) is 3.88. The molecule has 1 nitrogen and oxygen atoms in total. The minimum absolute atomic E-state index is 0.350. The molecule has 3 heteroatoms. The highest BCUT2D eigenvalue weighted by Crippen LogP contribution is 2.19. The zero-order chi connectivity index (χ0) is 8.27. The van der Waals surface area contributed by atoms with Crippen molar-refractivity contribution in [2.45, 2.75) is 19.8 Å². The van der Waals surface area contributed by atoms with E-state index < -0.39 is 0 Å². The van der Waals surface area contributed by atoms with E-state index in [0.717, 1.165) is 12.8 Å². The number of aryl methyl sites for hydroxylation is 1. The number of rotatable bonds is 3. The standard InChI is InChI=1S/C8H9ClOS/c1-2-3-6-4-5-7(11-6)8(9)10/h4-5H,2-3H2,1H3. The van der Waals surface area contributed by atoms with E-state index in [1.807, 2.05) is 6.07 Å². The van der Waals surface area contributed by atoms with Gasteiger partial charge in [-0.1, -0.05) is 13.3 Å². The molecule has 0 fully saturated rings. The summed E-state index contributed by atoms with van der Waals surface area (Å²) in [4.78, 5) is 12.5. The summed E-state index contributed by atoms with van der Waals surface area (Å²) >= 11 is 6.77. The van der Waals surface area contributed by atoms with E-state index in [0.29, 0.717) is 4.88 Å². The van der Waals surface area contributed by atoms with Crippen LogP contribution in [0.4, 0.5) is 0 Å². The van der Waals surface area contributed by atoms with E-state index in [9.17, 15) is 4.79 Å². The van der Waals surface area contributed by atoms with Crippen LogP contribution in [0.2, 0.25) is 0 Å². The van der Waals surface area contributed by atoms with Gasteiger partial charge in [0.25, 0.3) is 5.24 Å². The molecule has 1 rings (SSSR count). The molecule has 0 unspecified atom stereocenters. The molecule has 0 atom stereocenters. The quantitative estimate of drug-likeness (QED) is 0.667. The smallest absolute Gasteiger partial charge is 0.262 e. The molecule has 0 saturated carbocycles. The molecule has 1 aromatic heterocycles. The normalized spacial score (nSPS) is 10.0. The largest absolute Gasteiger partial charge is 0.275 e. The highest BCUT2D eigenvalue weighted by molar-refractivity contribution is 7.15. The van der Waals surface area contributed by atoms with Crippen molar-refractivity contribution in [3.63, 3.8) is 0 Å². The van der Waals surface area contributed by atoms with Crippen LogP contribution >= 0.6 is 22.9 Å². The lowest BCUT2D eigenvalue weighted by molar-refractivity contribution is 0.108. The molecule has 0 aliphatic rings. The molecule has 0 radical (unpaired) electrons. The minimum Gasteiger partial charge on any atom is -0.275 e. The van der Waals surface area contributed by atoms with Crippen molar-refractivity contribution in [2.24, 2.45) is 0 Å². The summed E-state index contributed by atoms with van der Waals surface area (Å²) in [5, 5.41) is -0.350. The van der Waals surface area contributed by atoms with Crippen LogP contribution in [0.1, 0.15) is 27.9 Å². The maximum Gasteiger partial charge on any atom is 0.262 e. The van der Waals surface area contributed by atoms with Crippen molar-refractivity contribution >= 4 is 28.2 Å². The second-order valence-corrected chi connectivity index (χ2v) is 3.80. The Bertz CT molecular complexity index is 254. The fraction of sp³-hybridized carbons (Fsp3) is 0.375. The SMILES string of the molecule is CCCc1ccc(C(=O)Cl)s1. The lowest BCUT2D eigenvalue weighted by Crippen LogP contribution is -1.79. The third kappa shape index (κ3) is 2.31. The molecule has 0 spiro atoms. The first-order chi connectivity index (χ1) is 5.24. The molecule has 60 valence electrons. The Balaban J connectivity index is 2.73. The van der Waals surface area contributed by atoms with Crippen molar-refractivity contribution in [3.05, 3.63) is 21.9 Å². The molecule has 1 aromatic rings. The number of carbonyl (C=O) groups is 1. The molecule has 0 aromatic carbocycles. The number of hydrogen-bond donors (Lipinski definition) is 0. The predicted molar refractivity (Wildman–Crippen MR) is 48.5 cm³/mol. The third-order valence-corrected chi connectivity index (χ3v) is 2.81. The Morgan fingerprint density at radius 3 is 2.82 bits per heavy atom. The lowest BCUT2D eigenvalue weighted by Gasteiger charge is -1.87. The Hall–Kier alpha value is -0.340. The summed E-state index contributed by atoms with van der Waals surface area (Å²) in [7, 11) is 0. The predicted octanol–water partition coefficient (Wildman–Crippen LogP) is 3.08. The van der Waals surface area contributed by atoms with Crippen molar-refractivity contribution in [3.8, 4) is 0 Å². The van der Waals surface area contributed by atoms with Crippen LogP contribution in [0.3, 0.4) is 0 Å². The van der Waals surface area contributed by atoms with E-state index in [2.05, 4.69) is 6.92 Å². The fourth-order valence-corrected chi connectivity index (χ4v) is 1.98. The molecule has 0 aliphatic carbocycles. The number of hydrogen-bond acceptors (Lipinski definition) is 2. The average Bonchev–Trinajstić information content (AvgIpc) is 2.37. The molecule has 1 heterocycles. The highest BCUT2D eigenvalue weighted by atomic mass is 35.5. The van der Waals surface area contributed by atoms with Gasteiger partial charge in [0.05, 0.1) is 4.88 Å². The Labute approximate surface area is 75.0 Å². The summed E-state index contributed by atoms with van der Waals surface area (Å²) in [6, 6.07) is 3.74. The minimum atomic E-state index is -0.350. The fourth-order valence-electron chi connectivity index (χ4n) is 0.864. The van der Waals surface area contributed by atoms with E-state index >= 15 is 0 Å². The van der Waals surface area contributed by atoms with Crippen molar-refractivity contribution < 1.29 is 4.79 Å². The molecule has 11 heavy (non-hydrogen) atoms. The highest BCUT2D eigenvalue weighted by Gasteiger charge is 2.04. The molecule has 0 saturated heterocycles. The molecule has 0 amide bonds. The number of carbonyl (C=O) groups excluding carboxylic acids is 1. The van der Waals surface area contributed by atoms with Gasteiger partial charge in [-0.05, 0) is 30.2 Å². The Kier molecular flexibility index (Phi) is 3.09. The first-order valence-electron chi connectivity index (χ1n) is 3.52. The Morgan fingerprint density at radius 2 is 2.36 bits per heavy atom.